The summed E-state index contributed by atoms with van der Waals surface area (Å²) in [6.07, 6.45) is 3.72. The van der Waals surface area contributed by atoms with Gasteiger partial charge in [-0.25, -0.2) is 0 Å². The van der Waals surface area contributed by atoms with Crippen LogP contribution < -0.4 is 19.5 Å². The molecule has 0 radical (unpaired) electrons. The molecule has 1 amide bonds. The lowest BCUT2D eigenvalue weighted by atomic mass is 10.1. The number of rotatable bonds is 10. The number of nitrogens with one attached hydrogen (secondary N) is 1. The number of hydrogen-bond donors (Lipinski definition) is 1. The van der Waals surface area contributed by atoms with E-state index in [9.17, 15) is 4.79 Å². The van der Waals surface area contributed by atoms with Crippen molar-refractivity contribution >= 4 is 28.5 Å². The number of nitrogens with zero attached hydrogens (tertiary/aromatic N) is 2. The van der Waals surface area contributed by atoms with Crippen molar-refractivity contribution in [2.24, 2.45) is 0 Å². The number of methoxy groups -OCH3 is 3. The van der Waals surface area contributed by atoms with E-state index in [0.717, 1.165) is 10.6 Å². The van der Waals surface area contributed by atoms with Crippen LogP contribution >= 0.6 is 11.3 Å². The molecule has 2 rings (SSSR count). The molecule has 1 aromatic carbocycles. The molecule has 0 aliphatic rings. The summed E-state index contributed by atoms with van der Waals surface area (Å²) in [6.45, 7) is 3.18. The smallest absolute Gasteiger partial charge is 0.250 e. The van der Waals surface area contributed by atoms with Gasteiger partial charge in [-0.05, 0) is 30.7 Å². The normalized spacial score (nSPS) is 10.8. The average Bonchev–Trinajstić information content (AvgIpc) is 3.12. The van der Waals surface area contributed by atoms with E-state index in [1.54, 1.807) is 18.2 Å². The summed E-state index contributed by atoms with van der Waals surface area (Å²) in [4.78, 5) is 12.1. The molecule has 0 bridgehead atoms. The quantitative estimate of drug-likeness (QED) is 0.490. The van der Waals surface area contributed by atoms with Crippen molar-refractivity contribution < 1.29 is 23.7 Å². The summed E-state index contributed by atoms with van der Waals surface area (Å²) in [5.74, 6) is 1.21. The molecule has 0 atom stereocenters. The number of carbonyl (C=O) groups excluding carboxylic acids is 1. The maximum Gasteiger partial charge on any atom is 0.250 e. The van der Waals surface area contributed by atoms with Crippen LogP contribution in [0.3, 0.4) is 0 Å². The van der Waals surface area contributed by atoms with Gasteiger partial charge in [-0.2, -0.15) is 0 Å². The maximum atomic E-state index is 12.1. The van der Waals surface area contributed by atoms with E-state index in [4.69, 9.17) is 18.9 Å². The van der Waals surface area contributed by atoms with E-state index in [-0.39, 0.29) is 5.91 Å². The molecule has 0 aliphatic heterocycles. The molecule has 0 fully saturated rings. The van der Waals surface area contributed by atoms with E-state index in [1.165, 1.54) is 38.7 Å². The molecule has 0 saturated heterocycles. The van der Waals surface area contributed by atoms with E-state index >= 15 is 0 Å². The number of anilines is 1. The van der Waals surface area contributed by atoms with E-state index < -0.39 is 0 Å². The summed E-state index contributed by atoms with van der Waals surface area (Å²) in [7, 11) is 4.61. The Bertz CT molecular complexity index is 766. The largest absolute Gasteiger partial charge is 0.493 e. The highest BCUT2D eigenvalue weighted by Crippen LogP contribution is 2.38. The highest BCUT2D eigenvalue weighted by atomic mass is 32.1. The lowest BCUT2D eigenvalue weighted by Crippen LogP contribution is -2.07. The van der Waals surface area contributed by atoms with Crippen LogP contribution in [-0.2, 0) is 16.0 Å². The Hall–Kier alpha value is -2.65. The summed E-state index contributed by atoms with van der Waals surface area (Å²) >= 11 is 1.33. The second-order valence-corrected chi connectivity index (χ2v) is 6.29. The van der Waals surface area contributed by atoms with E-state index in [1.807, 2.05) is 6.92 Å². The average molecular weight is 393 g/mol. The highest BCUT2D eigenvalue weighted by molar-refractivity contribution is 7.15. The third kappa shape index (κ3) is 5.93. The van der Waals surface area contributed by atoms with Crippen LogP contribution in [-0.4, -0.2) is 50.6 Å². The Morgan fingerprint density at radius 2 is 1.85 bits per heavy atom. The molecule has 0 aliphatic carbocycles. The van der Waals surface area contributed by atoms with Crippen molar-refractivity contribution in [2.45, 2.75) is 13.3 Å². The SMILES string of the molecule is CCOCCc1nnc(NC(=O)/C=C/c2cc(OC)c(OC)c(OC)c2)s1. The minimum Gasteiger partial charge on any atom is -0.493 e. The predicted molar refractivity (Wildman–Crippen MR) is 104 cm³/mol. The van der Waals surface area contributed by atoms with Gasteiger partial charge in [-0.1, -0.05) is 11.3 Å². The molecule has 0 saturated carbocycles. The van der Waals surface area contributed by atoms with Crippen LogP contribution in [0, 0.1) is 0 Å². The van der Waals surface area contributed by atoms with Gasteiger partial charge in [-0.15, -0.1) is 10.2 Å². The van der Waals surface area contributed by atoms with Crippen LogP contribution in [0.25, 0.3) is 6.08 Å². The number of carbonyl (C=O) groups is 1. The fraction of sp³-hybridized carbons (Fsp3) is 0.389. The number of benzene rings is 1. The molecule has 1 heterocycles. The maximum absolute atomic E-state index is 12.1. The molecule has 0 unspecified atom stereocenters. The number of hydrogen-bond acceptors (Lipinski definition) is 8. The summed E-state index contributed by atoms with van der Waals surface area (Å²) in [5.41, 5.74) is 0.731. The van der Waals surface area contributed by atoms with Crippen molar-refractivity contribution in [3.63, 3.8) is 0 Å². The van der Waals surface area contributed by atoms with Crippen LogP contribution in [0.5, 0.6) is 17.2 Å². The van der Waals surface area contributed by atoms with Gasteiger partial charge in [0.05, 0.1) is 27.9 Å². The Balaban J connectivity index is 2.02. The van der Waals surface area contributed by atoms with Gasteiger partial charge in [-0.3, -0.25) is 10.1 Å². The van der Waals surface area contributed by atoms with Gasteiger partial charge in [0, 0.05) is 19.1 Å². The molecule has 0 spiro atoms. The zero-order chi connectivity index (χ0) is 19.6. The predicted octanol–water partition coefficient (Wildman–Crippen LogP) is 2.79. The van der Waals surface area contributed by atoms with Crippen LogP contribution in [0.15, 0.2) is 18.2 Å². The van der Waals surface area contributed by atoms with E-state index in [0.29, 0.717) is 42.0 Å². The highest BCUT2D eigenvalue weighted by Gasteiger charge is 2.12. The molecule has 1 aromatic heterocycles. The Morgan fingerprint density at radius 3 is 2.44 bits per heavy atom. The standard InChI is InChI=1S/C18H23N3O5S/c1-5-26-9-8-16-20-21-18(27-16)19-15(22)7-6-12-10-13(23-2)17(25-4)14(11-12)24-3/h6-7,10-11H,5,8-9H2,1-4H3,(H,19,21,22)/b7-6+. The number of ether oxygens (including phenoxy) is 4. The fourth-order valence-electron chi connectivity index (χ4n) is 2.23. The molecule has 2 aromatic rings. The van der Waals surface area contributed by atoms with Crippen molar-refractivity contribution in [3.8, 4) is 17.2 Å². The topological polar surface area (TPSA) is 91.8 Å². The summed E-state index contributed by atoms with van der Waals surface area (Å²) in [6, 6.07) is 3.50. The van der Waals surface area contributed by atoms with Gasteiger partial charge in [0.1, 0.15) is 5.01 Å². The van der Waals surface area contributed by atoms with Crippen molar-refractivity contribution in [1.82, 2.24) is 10.2 Å². The molecule has 146 valence electrons. The van der Waals surface area contributed by atoms with Gasteiger partial charge >= 0.3 is 0 Å². The second kappa shape index (κ2) is 10.5. The zero-order valence-electron chi connectivity index (χ0n) is 15.8. The lowest BCUT2D eigenvalue weighted by molar-refractivity contribution is -0.111. The molecular formula is C18H23N3O5S. The second-order valence-electron chi connectivity index (χ2n) is 5.23. The Kier molecular flexibility index (Phi) is 8.02. The third-order valence-electron chi connectivity index (χ3n) is 3.48. The summed E-state index contributed by atoms with van der Waals surface area (Å²) < 4.78 is 21.2. The van der Waals surface area contributed by atoms with Crippen molar-refractivity contribution in [1.29, 1.82) is 0 Å². The first kappa shape index (κ1) is 20.7. The minimum absolute atomic E-state index is 0.309. The summed E-state index contributed by atoms with van der Waals surface area (Å²) in [5, 5.41) is 11.9. The third-order valence-corrected chi connectivity index (χ3v) is 4.37. The first-order valence-corrected chi connectivity index (χ1v) is 9.12. The van der Waals surface area contributed by atoms with Gasteiger partial charge in [0.2, 0.25) is 16.8 Å². The number of amides is 1. The Morgan fingerprint density at radius 1 is 1.15 bits per heavy atom. The molecule has 9 heteroatoms. The first-order valence-electron chi connectivity index (χ1n) is 8.30. The lowest BCUT2D eigenvalue weighted by Gasteiger charge is -2.12. The van der Waals surface area contributed by atoms with Gasteiger partial charge < -0.3 is 18.9 Å². The minimum atomic E-state index is -0.309. The van der Waals surface area contributed by atoms with Crippen LogP contribution in [0.2, 0.25) is 0 Å². The van der Waals surface area contributed by atoms with Crippen molar-refractivity contribution in [2.75, 3.05) is 39.9 Å². The monoisotopic (exact) mass is 393 g/mol. The fourth-order valence-corrected chi connectivity index (χ4v) is 2.95. The van der Waals surface area contributed by atoms with Crippen molar-refractivity contribution in [3.05, 3.63) is 28.8 Å². The van der Waals surface area contributed by atoms with Gasteiger partial charge in [0.25, 0.3) is 0 Å². The first-order chi connectivity index (χ1) is 13.1. The van der Waals surface area contributed by atoms with E-state index in [2.05, 4.69) is 15.5 Å². The van der Waals surface area contributed by atoms with Crippen LogP contribution in [0.1, 0.15) is 17.5 Å². The Labute approximate surface area is 162 Å². The van der Waals surface area contributed by atoms with Gasteiger partial charge in [0.15, 0.2) is 11.5 Å². The molecule has 27 heavy (non-hydrogen) atoms. The number of aromatic nitrogens is 2. The molecule has 8 nitrogen and oxygen atoms in total. The molecular weight excluding hydrogens is 370 g/mol. The zero-order valence-corrected chi connectivity index (χ0v) is 16.6. The van der Waals surface area contributed by atoms with Crippen LogP contribution in [0.4, 0.5) is 5.13 Å². The molecule has 1 N–H and O–H groups in total.